The van der Waals surface area contributed by atoms with Gasteiger partial charge in [0.15, 0.2) is 0 Å². The highest BCUT2D eigenvalue weighted by Gasteiger charge is 2.43. The lowest BCUT2D eigenvalue weighted by atomic mass is 9.66. The molecule has 2 aliphatic rings. The molecule has 2 unspecified atom stereocenters. The zero-order chi connectivity index (χ0) is 24.4. The molecule has 0 bridgehead atoms. The number of anilines is 1. The number of halogens is 2. The SMILES string of the molecule is CC(=O)N1Cc2ccccc2C(CC(C)N2CCN(c3ccc(F)cc3)CC2)(c2ccccc2)C1.Cl. The molecule has 2 aliphatic heterocycles. The van der Waals surface area contributed by atoms with Gasteiger partial charge in [0.2, 0.25) is 5.91 Å². The van der Waals surface area contributed by atoms with Crippen molar-refractivity contribution in [1.29, 1.82) is 0 Å². The molecule has 3 aromatic carbocycles. The van der Waals surface area contributed by atoms with Gasteiger partial charge in [-0.15, -0.1) is 12.4 Å². The van der Waals surface area contributed by atoms with Gasteiger partial charge in [-0.3, -0.25) is 9.69 Å². The lowest BCUT2D eigenvalue weighted by Gasteiger charge is -2.48. The summed E-state index contributed by atoms with van der Waals surface area (Å²) >= 11 is 0. The van der Waals surface area contributed by atoms with E-state index < -0.39 is 0 Å². The van der Waals surface area contributed by atoms with Gasteiger partial charge >= 0.3 is 0 Å². The van der Waals surface area contributed by atoms with Crippen molar-refractivity contribution in [2.45, 2.75) is 38.3 Å². The Kier molecular flexibility index (Phi) is 8.01. The Labute approximate surface area is 220 Å². The van der Waals surface area contributed by atoms with Gasteiger partial charge in [0.25, 0.3) is 0 Å². The monoisotopic (exact) mass is 507 g/mol. The first kappa shape index (κ1) is 26.2. The summed E-state index contributed by atoms with van der Waals surface area (Å²) in [7, 11) is 0. The minimum atomic E-state index is -0.255. The molecule has 0 saturated carbocycles. The fourth-order valence-corrected chi connectivity index (χ4v) is 6.02. The summed E-state index contributed by atoms with van der Waals surface area (Å²) in [6.45, 7) is 9.14. The van der Waals surface area contributed by atoms with Crippen LogP contribution in [0, 0.1) is 5.82 Å². The maximum absolute atomic E-state index is 13.4. The molecule has 1 fully saturated rings. The van der Waals surface area contributed by atoms with Crippen molar-refractivity contribution in [1.82, 2.24) is 9.80 Å². The van der Waals surface area contributed by atoms with Gasteiger partial charge in [0.05, 0.1) is 0 Å². The lowest BCUT2D eigenvalue weighted by molar-refractivity contribution is -0.130. The third-order valence-corrected chi connectivity index (χ3v) is 7.90. The first-order valence-electron chi connectivity index (χ1n) is 12.6. The summed E-state index contributed by atoms with van der Waals surface area (Å²) in [5.41, 5.74) is 4.69. The van der Waals surface area contributed by atoms with Gasteiger partial charge in [0.1, 0.15) is 5.82 Å². The molecular weight excluding hydrogens is 473 g/mol. The van der Waals surface area contributed by atoms with Crippen LogP contribution >= 0.6 is 12.4 Å². The van der Waals surface area contributed by atoms with Crippen molar-refractivity contribution < 1.29 is 9.18 Å². The number of nitrogens with zero attached hydrogens (tertiary/aromatic N) is 3. The van der Waals surface area contributed by atoms with Gasteiger partial charge < -0.3 is 9.80 Å². The molecule has 190 valence electrons. The zero-order valence-electron chi connectivity index (χ0n) is 21.1. The van der Waals surface area contributed by atoms with Gasteiger partial charge in [-0.1, -0.05) is 54.6 Å². The van der Waals surface area contributed by atoms with Crippen molar-refractivity contribution in [3.05, 3.63) is 101 Å². The molecule has 0 radical (unpaired) electrons. The van der Waals surface area contributed by atoms with Crippen LogP contribution < -0.4 is 4.90 Å². The molecule has 0 N–H and O–H groups in total. The van der Waals surface area contributed by atoms with E-state index >= 15 is 0 Å². The Morgan fingerprint density at radius 2 is 1.56 bits per heavy atom. The van der Waals surface area contributed by atoms with Crippen LogP contribution in [0.5, 0.6) is 0 Å². The van der Waals surface area contributed by atoms with Crippen LogP contribution in [0.3, 0.4) is 0 Å². The van der Waals surface area contributed by atoms with E-state index in [1.807, 2.05) is 17.0 Å². The number of hydrogen-bond acceptors (Lipinski definition) is 3. The molecule has 3 aromatic rings. The van der Waals surface area contributed by atoms with Gasteiger partial charge in [0, 0.05) is 63.3 Å². The van der Waals surface area contributed by atoms with Crippen molar-refractivity contribution in [3.63, 3.8) is 0 Å². The minimum Gasteiger partial charge on any atom is -0.369 e. The molecule has 0 spiro atoms. The largest absolute Gasteiger partial charge is 0.369 e. The number of carbonyl (C=O) groups is 1. The summed E-state index contributed by atoms with van der Waals surface area (Å²) in [5.74, 6) is -0.0695. The average Bonchev–Trinajstić information content (AvgIpc) is 2.89. The third-order valence-electron chi connectivity index (χ3n) is 7.90. The van der Waals surface area contributed by atoms with Crippen molar-refractivity contribution >= 4 is 24.0 Å². The number of amides is 1. The fraction of sp³-hybridized carbons (Fsp3) is 0.367. The summed E-state index contributed by atoms with van der Waals surface area (Å²) < 4.78 is 13.4. The second kappa shape index (κ2) is 11.0. The molecule has 6 heteroatoms. The van der Waals surface area contributed by atoms with E-state index in [1.165, 1.54) is 28.8 Å². The van der Waals surface area contributed by atoms with Crippen LogP contribution in [0.4, 0.5) is 10.1 Å². The van der Waals surface area contributed by atoms with Crippen LogP contribution in [0.1, 0.15) is 37.0 Å². The summed E-state index contributed by atoms with van der Waals surface area (Å²) in [6.07, 6.45) is 0.939. The van der Waals surface area contributed by atoms with E-state index in [0.29, 0.717) is 19.1 Å². The fourth-order valence-electron chi connectivity index (χ4n) is 6.02. The third kappa shape index (κ3) is 5.14. The summed E-state index contributed by atoms with van der Waals surface area (Å²) in [5, 5.41) is 0. The van der Waals surface area contributed by atoms with E-state index in [2.05, 4.69) is 71.3 Å². The predicted molar refractivity (Wildman–Crippen MR) is 146 cm³/mol. The Hall–Kier alpha value is -2.89. The summed E-state index contributed by atoms with van der Waals surface area (Å²) in [4.78, 5) is 19.5. The summed E-state index contributed by atoms with van der Waals surface area (Å²) in [6, 6.07) is 26.5. The van der Waals surface area contributed by atoms with E-state index in [4.69, 9.17) is 0 Å². The number of hydrogen-bond donors (Lipinski definition) is 0. The second-order valence-electron chi connectivity index (χ2n) is 10.0. The van der Waals surface area contributed by atoms with Crippen molar-refractivity contribution in [2.75, 3.05) is 37.6 Å². The first-order valence-corrected chi connectivity index (χ1v) is 12.6. The molecule has 0 aromatic heterocycles. The van der Waals surface area contributed by atoms with Crippen molar-refractivity contribution in [2.24, 2.45) is 0 Å². The number of benzene rings is 3. The average molecular weight is 508 g/mol. The standard InChI is InChI=1S/C30H34FN3O.ClH/c1-23(32-16-18-33(19-17-32)28-14-12-27(31)13-15-28)20-30(26-9-4-3-5-10-26)22-34(24(2)35)21-25-8-6-7-11-29(25)30;/h3-15,23H,16-22H2,1-2H3;1H. The lowest BCUT2D eigenvalue weighted by Crippen LogP contribution is -2.54. The first-order chi connectivity index (χ1) is 17.0. The number of fused-ring (bicyclic) bond motifs is 1. The van der Waals surface area contributed by atoms with E-state index in [-0.39, 0.29) is 29.5 Å². The molecule has 0 aliphatic carbocycles. The molecule has 36 heavy (non-hydrogen) atoms. The van der Waals surface area contributed by atoms with Gasteiger partial charge in [-0.05, 0) is 54.3 Å². The van der Waals surface area contributed by atoms with Crippen LogP contribution in [0.2, 0.25) is 0 Å². The number of piperazine rings is 1. The zero-order valence-corrected chi connectivity index (χ0v) is 21.9. The normalized spacial score (nSPS) is 20.9. The highest BCUT2D eigenvalue weighted by Crippen LogP contribution is 2.43. The quantitative estimate of drug-likeness (QED) is 0.456. The van der Waals surface area contributed by atoms with E-state index in [1.54, 1.807) is 6.92 Å². The predicted octanol–water partition coefficient (Wildman–Crippen LogP) is 5.50. The Morgan fingerprint density at radius 3 is 2.22 bits per heavy atom. The molecule has 2 atom stereocenters. The van der Waals surface area contributed by atoms with Crippen LogP contribution in [-0.2, 0) is 16.8 Å². The molecule has 1 amide bonds. The highest BCUT2D eigenvalue weighted by molar-refractivity contribution is 5.85. The topological polar surface area (TPSA) is 26.8 Å². The number of rotatable bonds is 5. The Morgan fingerprint density at radius 1 is 0.917 bits per heavy atom. The molecular formula is C30H35ClFN3O. The van der Waals surface area contributed by atoms with Gasteiger partial charge in [-0.2, -0.15) is 0 Å². The van der Waals surface area contributed by atoms with Gasteiger partial charge in [-0.25, -0.2) is 4.39 Å². The molecule has 4 nitrogen and oxygen atoms in total. The van der Waals surface area contributed by atoms with Crippen LogP contribution in [-0.4, -0.2) is 54.5 Å². The van der Waals surface area contributed by atoms with Crippen molar-refractivity contribution in [3.8, 4) is 0 Å². The maximum Gasteiger partial charge on any atom is 0.219 e. The Bertz CT molecular complexity index is 1160. The molecule has 1 saturated heterocycles. The van der Waals surface area contributed by atoms with E-state index in [0.717, 1.165) is 38.3 Å². The van der Waals surface area contributed by atoms with E-state index in [9.17, 15) is 9.18 Å². The number of carbonyl (C=O) groups excluding carboxylic acids is 1. The maximum atomic E-state index is 13.4. The highest BCUT2D eigenvalue weighted by atomic mass is 35.5. The smallest absolute Gasteiger partial charge is 0.219 e. The molecule has 2 heterocycles. The van der Waals surface area contributed by atoms with Crippen LogP contribution in [0.15, 0.2) is 78.9 Å². The Balaban J connectivity index is 0.00000304. The minimum absolute atomic E-state index is 0. The van der Waals surface area contributed by atoms with Crippen LogP contribution in [0.25, 0.3) is 0 Å². The second-order valence-corrected chi connectivity index (χ2v) is 10.0. The molecule has 5 rings (SSSR count).